The summed E-state index contributed by atoms with van der Waals surface area (Å²) in [5, 5.41) is 16.4. The molecule has 0 aliphatic rings. The van der Waals surface area contributed by atoms with Crippen LogP contribution in [0, 0.1) is 0 Å². The standard InChI is InChI=1S/C18H17Cl2N3O4/c1-2-27-15-8-11(6-7-14(15)24)10-21-23-17(26)9-16(25)22-13-5-3-4-12(19)18(13)20/h3-8,10,24H,2,9H2,1H3,(H,22,25)(H,23,26). The first-order valence-electron chi connectivity index (χ1n) is 7.92. The molecule has 2 aromatic carbocycles. The fraction of sp³-hybridized carbons (Fsp3) is 0.167. The van der Waals surface area contributed by atoms with Crippen molar-refractivity contribution in [3.05, 3.63) is 52.0 Å². The van der Waals surface area contributed by atoms with Gasteiger partial charge in [-0.1, -0.05) is 29.3 Å². The monoisotopic (exact) mass is 409 g/mol. The van der Waals surface area contributed by atoms with Crippen molar-refractivity contribution in [2.24, 2.45) is 5.10 Å². The van der Waals surface area contributed by atoms with Gasteiger partial charge in [-0.15, -0.1) is 0 Å². The van der Waals surface area contributed by atoms with E-state index in [-0.39, 0.29) is 10.8 Å². The molecule has 2 aromatic rings. The molecule has 142 valence electrons. The molecule has 7 nitrogen and oxygen atoms in total. The Morgan fingerprint density at radius 1 is 1.22 bits per heavy atom. The maximum atomic E-state index is 11.9. The summed E-state index contributed by atoms with van der Waals surface area (Å²) in [7, 11) is 0. The average Bonchev–Trinajstić information content (AvgIpc) is 2.62. The number of phenols is 1. The molecule has 3 N–H and O–H groups in total. The zero-order valence-corrected chi connectivity index (χ0v) is 15.8. The Morgan fingerprint density at radius 3 is 2.74 bits per heavy atom. The fourth-order valence-corrected chi connectivity index (χ4v) is 2.39. The van der Waals surface area contributed by atoms with Gasteiger partial charge in [0.1, 0.15) is 6.42 Å². The van der Waals surface area contributed by atoms with E-state index in [9.17, 15) is 14.7 Å². The number of rotatable bonds is 7. The summed E-state index contributed by atoms with van der Waals surface area (Å²) < 4.78 is 5.26. The van der Waals surface area contributed by atoms with E-state index in [0.717, 1.165) is 0 Å². The van der Waals surface area contributed by atoms with E-state index in [0.29, 0.717) is 28.6 Å². The number of amides is 2. The number of halogens is 2. The third-order valence-electron chi connectivity index (χ3n) is 3.23. The van der Waals surface area contributed by atoms with Crippen LogP contribution in [0.3, 0.4) is 0 Å². The highest BCUT2D eigenvalue weighted by molar-refractivity contribution is 6.44. The summed E-state index contributed by atoms with van der Waals surface area (Å²) in [5.74, 6) is -0.846. The molecule has 27 heavy (non-hydrogen) atoms. The Hall–Kier alpha value is -2.77. The molecule has 0 spiro atoms. The van der Waals surface area contributed by atoms with E-state index in [2.05, 4.69) is 15.8 Å². The van der Waals surface area contributed by atoms with E-state index in [1.54, 1.807) is 37.3 Å². The molecule has 0 atom stereocenters. The van der Waals surface area contributed by atoms with Gasteiger partial charge in [-0.25, -0.2) is 5.43 Å². The van der Waals surface area contributed by atoms with Crippen molar-refractivity contribution in [1.29, 1.82) is 0 Å². The van der Waals surface area contributed by atoms with Crippen LogP contribution >= 0.6 is 23.2 Å². The zero-order chi connectivity index (χ0) is 19.8. The fourth-order valence-electron chi connectivity index (χ4n) is 2.04. The van der Waals surface area contributed by atoms with Crippen molar-refractivity contribution < 1.29 is 19.4 Å². The van der Waals surface area contributed by atoms with Crippen LogP contribution in [0.15, 0.2) is 41.5 Å². The smallest absolute Gasteiger partial charge is 0.249 e. The van der Waals surface area contributed by atoms with Gasteiger partial charge in [-0.2, -0.15) is 5.10 Å². The Labute approximate surface area is 165 Å². The number of anilines is 1. The largest absolute Gasteiger partial charge is 0.504 e. The van der Waals surface area contributed by atoms with Crippen LogP contribution in [0.25, 0.3) is 0 Å². The van der Waals surface area contributed by atoms with Gasteiger partial charge in [0.25, 0.3) is 0 Å². The summed E-state index contributed by atoms with van der Waals surface area (Å²) in [6.45, 7) is 2.19. The highest BCUT2D eigenvalue weighted by Gasteiger charge is 2.12. The number of ether oxygens (including phenoxy) is 1. The number of carbonyl (C=O) groups excluding carboxylic acids is 2. The molecule has 2 rings (SSSR count). The van der Waals surface area contributed by atoms with Gasteiger partial charge in [0.05, 0.1) is 28.6 Å². The van der Waals surface area contributed by atoms with Crippen LogP contribution < -0.4 is 15.5 Å². The number of phenolic OH excluding ortho intramolecular Hbond substituents is 1. The number of hydrogen-bond donors (Lipinski definition) is 3. The van der Waals surface area contributed by atoms with Crippen molar-refractivity contribution in [3.8, 4) is 11.5 Å². The minimum atomic E-state index is -0.606. The first kappa shape index (κ1) is 20.5. The van der Waals surface area contributed by atoms with Crippen molar-refractivity contribution in [2.75, 3.05) is 11.9 Å². The number of aromatic hydroxyl groups is 1. The lowest BCUT2D eigenvalue weighted by molar-refractivity contribution is -0.126. The zero-order valence-electron chi connectivity index (χ0n) is 14.3. The van der Waals surface area contributed by atoms with Gasteiger partial charge in [-0.05, 0) is 42.8 Å². The van der Waals surface area contributed by atoms with Crippen molar-refractivity contribution in [1.82, 2.24) is 5.43 Å². The Morgan fingerprint density at radius 2 is 2.00 bits per heavy atom. The summed E-state index contributed by atoms with van der Waals surface area (Å²) in [6.07, 6.45) is 0.922. The number of hydrogen-bond acceptors (Lipinski definition) is 5. The summed E-state index contributed by atoms with van der Waals surface area (Å²) in [6, 6.07) is 9.41. The molecule has 0 aliphatic carbocycles. The normalized spacial score (nSPS) is 10.6. The molecule has 9 heteroatoms. The van der Waals surface area contributed by atoms with Gasteiger partial charge in [0, 0.05) is 0 Å². The van der Waals surface area contributed by atoms with Crippen molar-refractivity contribution >= 4 is 46.9 Å². The lowest BCUT2D eigenvalue weighted by atomic mass is 10.2. The second kappa shape index (κ2) is 9.80. The number of benzene rings is 2. The minimum absolute atomic E-state index is 0.00869. The molecule has 0 unspecified atom stereocenters. The van der Waals surface area contributed by atoms with E-state index in [4.69, 9.17) is 27.9 Å². The second-order valence-corrected chi connectivity index (χ2v) is 6.06. The predicted octanol–water partition coefficient (Wildman–Crippen LogP) is 3.58. The summed E-state index contributed by atoms with van der Waals surface area (Å²) in [4.78, 5) is 23.7. The lowest BCUT2D eigenvalue weighted by Gasteiger charge is -2.07. The predicted molar refractivity (Wildman–Crippen MR) is 105 cm³/mol. The molecule has 0 aliphatic heterocycles. The topological polar surface area (TPSA) is 100 Å². The van der Waals surface area contributed by atoms with Crippen LogP contribution in [0.2, 0.25) is 10.0 Å². The minimum Gasteiger partial charge on any atom is -0.504 e. The second-order valence-electron chi connectivity index (χ2n) is 5.28. The van der Waals surface area contributed by atoms with Crippen LogP contribution in [0.4, 0.5) is 5.69 Å². The SMILES string of the molecule is CCOc1cc(C=NNC(=O)CC(=O)Nc2cccc(Cl)c2Cl)ccc1O. The highest BCUT2D eigenvalue weighted by Crippen LogP contribution is 2.29. The Kier molecular flexibility index (Phi) is 7.45. The molecule has 0 aromatic heterocycles. The molecule has 0 saturated carbocycles. The molecule has 0 fully saturated rings. The number of carbonyl (C=O) groups is 2. The Balaban J connectivity index is 1.88. The maximum absolute atomic E-state index is 11.9. The van der Waals surface area contributed by atoms with E-state index in [1.165, 1.54) is 12.3 Å². The van der Waals surface area contributed by atoms with Crippen molar-refractivity contribution in [2.45, 2.75) is 13.3 Å². The molecule has 2 amide bonds. The molecule has 0 saturated heterocycles. The highest BCUT2D eigenvalue weighted by atomic mass is 35.5. The van der Waals surface area contributed by atoms with Gasteiger partial charge in [0.15, 0.2) is 11.5 Å². The van der Waals surface area contributed by atoms with Crippen LogP contribution in [-0.4, -0.2) is 29.7 Å². The summed E-state index contributed by atoms with van der Waals surface area (Å²) >= 11 is 11.8. The molecular weight excluding hydrogens is 393 g/mol. The van der Waals surface area contributed by atoms with Crippen LogP contribution in [-0.2, 0) is 9.59 Å². The first-order chi connectivity index (χ1) is 12.9. The first-order valence-corrected chi connectivity index (χ1v) is 8.68. The number of hydrazone groups is 1. The number of nitrogens with one attached hydrogen (secondary N) is 2. The van der Waals surface area contributed by atoms with Gasteiger partial charge in [0.2, 0.25) is 11.8 Å². The van der Waals surface area contributed by atoms with Gasteiger partial charge >= 0.3 is 0 Å². The quantitative estimate of drug-likeness (QED) is 0.369. The van der Waals surface area contributed by atoms with Crippen LogP contribution in [0.5, 0.6) is 11.5 Å². The summed E-state index contributed by atoms with van der Waals surface area (Å²) in [5.41, 5.74) is 3.17. The van der Waals surface area contributed by atoms with Crippen molar-refractivity contribution in [3.63, 3.8) is 0 Å². The molecular formula is C18H17Cl2N3O4. The molecule has 0 radical (unpaired) electrons. The van der Waals surface area contributed by atoms with Crippen LogP contribution in [0.1, 0.15) is 18.9 Å². The average molecular weight is 410 g/mol. The molecule has 0 heterocycles. The van der Waals surface area contributed by atoms with Gasteiger partial charge in [-0.3, -0.25) is 9.59 Å². The van der Waals surface area contributed by atoms with Gasteiger partial charge < -0.3 is 15.2 Å². The third kappa shape index (κ3) is 6.16. The third-order valence-corrected chi connectivity index (χ3v) is 4.05. The number of nitrogens with zero attached hydrogens (tertiary/aromatic N) is 1. The molecule has 0 bridgehead atoms. The van der Waals surface area contributed by atoms with E-state index < -0.39 is 18.2 Å². The van der Waals surface area contributed by atoms with E-state index >= 15 is 0 Å². The lowest BCUT2D eigenvalue weighted by Crippen LogP contribution is -2.24. The van der Waals surface area contributed by atoms with E-state index in [1.807, 2.05) is 0 Å². The maximum Gasteiger partial charge on any atom is 0.249 e. The Bertz CT molecular complexity index is 872.